The van der Waals surface area contributed by atoms with E-state index in [4.69, 9.17) is 11.1 Å². The van der Waals surface area contributed by atoms with E-state index < -0.39 is 0 Å². The van der Waals surface area contributed by atoms with Gasteiger partial charge in [-0.3, -0.25) is 5.41 Å². The number of hydrogen-bond acceptors (Lipinski definition) is 2. The van der Waals surface area contributed by atoms with Gasteiger partial charge in [0.1, 0.15) is 11.7 Å². The topological polar surface area (TPSA) is 49.9 Å². The summed E-state index contributed by atoms with van der Waals surface area (Å²) >= 11 is 1.58. The van der Waals surface area contributed by atoms with Crippen LogP contribution in [0.5, 0.6) is 0 Å². The lowest BCUT2D eigenvalue weighted by Gasteiger charge is -2.19. The molecule has 0 atom stereocenters. The van der Waals surface area contributed by atoms with Crippen LogP contribution in [0.1, 0.15) is 26.3 Å². The molecule has 0 radical (unpaired) electrons. The van der Waals surface area contributed by atoms with Crippen molar-refractivity contribution in [2.45, 2.75) is 30.4 Å². The molecule has 3 N–H and O–H groups in total. The Bertz CT molecular complexity index is 383. The van der Waals surface area contributed by atoms with E-state index in [2.05, 4.69) is 20.8 Å². The van der Waals surface area contributed by atoms with Crippen molar-refractivity contribution in [1.82, 2.24) is 0 Å². The second-order valence-corrected chi connectivity index (χ2v) is 6.14. The SMILES string of the molecule is CC(C)(C)Sc1ccc(F)cc1C(=N)N. The highest BCUT2D eigenvalue weighted by molar-refractivity contribution is 8.00. The first kappa shape index (κ1) is 12.0. The maximum Gasteiger partial charge on any atom is 0.124 e. The van der Waals surface area contributed by atoms with E-state index in [1.54, 1.807) is 17.8 Å². The van der Waals surface area contributed by atoms with Gasteiger partial charge in [0.15, 0.2) is 0 Å². The van der Waals surface area contributed by atoms with Crippen LogP contribution in [0.2, 0.25) is 0 Å². The lowest BCUT2D eigenvalue weighted by atomic mass is 10.2. The Hall–Kier alpha value is -1.03. The number of nitrogen functional groups attached to an aromatic ring is 1. The van der Waals surface area contributed by atoms with Crippen molar-refractivity contribution in [3.8, 4) is 0 Å². The zero-order chi connectivity index (χ0) is 11.6. The molecule has 0 aromatic heterocycles. The first-order chi connectivity index (χ1) is 6.79. The predicted molar refractivity (Wildman–Crippen MR) is 63.0 cm³/mol. The van der Waals surface area contributed by atoms with Crippen LogP contribution in [0.15, 0.2) is 23.1 Å². The van der Waals surface area contributed by atoms with Gasteiger partial charge in [0.25, 0.3) is 0 Å². The number of halogens is 1. The maximum atomic E-state index is 13.0. The highest BCUT2D eigenvalue weighted by Gasteiger charge is 2.16. The highest BCUT2D eigenvalue weighted by atomic mass is 32.2. The molecular weight excluding hydrogens is 211 g/mol. The molecule has 0 aliphatic carbocycles. The summed E-state index contributed by atoms with van der Waals surface area (Å²) in [5.74, 6) is -0.459. The van der Waals surface area contributed by atoms with Crippen LogP contribution in [-0.4, -0.2) is 10.6 Å². The van der Waals surface area contributed by atoms with Crippen LogP contribution in [-0.2, 0) is 0 Å². The summed E-state index contributed by atoms with van der Waals surface area (Å²) in [6.07, 6.45) is 0. The zero-order valence-electron chi connectivity index (χ0n) is 9.10. The Morgan fingerprint density at radius 1 is 1.40 bits per heavy atom. The molecule has 0 saturated heterocycles. The molecule has 82 valence electrons. The van der Waals surface area contributed by atoms with E-state index >= 15 is 0 Å². The fourth-order valence-corrected chi connectivity index (χ4v) is 2.21. The van der Waals surface area contributed by atoms with Gasteiger partial charge in [-0.1, -0.05) is 20.8 Å². The van der Waals surface area contributed by atoms with Gasteiger partial charge in [0.2, 0.25) is 0 Å². The number of nitrogens with two attached hydrogens (primary N) is 1. The van der Waals surface area contributed by atoms with Crippen molar-refractivity contribution in [3.63, 3.8) is 0 Å². The minimum Gasteiger partial charge on any atom is -0.384 e. The maximum absolute atomic E-state index is 13.0. The Morgan fingerprint density at radius 2 is 2.00 bits per heavy atom. The van der Waals surface area contributed by atoms with Crippen LogP contribution < -0.4 is 5.73 Å². The normalized spacial score (nSPS) is 11.5. The third kappa shape index (κ3) is 3.55. The minimum absolute atomic E-state index is 0.0159. The van der Waals surface area contributed by atoms with E-state index in [-0.39, 0.29) is 16.4 Å². The zero-order valence-corrected chi connectivity index (χ0v) is 9.91. The highest BCUT2D eigenvalue weighted by Crippen LogP contribution is 2.34. The largest absolute Gasteiger partial charge is 0.384 e. The van der Waals surface area contributed by atoms with Crippen molar-refractivity contribution in [3.05, 3.63) is 29.6 Å². The summed E-state index contributed by atoms with van der Waals surface area (Å²) in [6.45, 7) is 6.18. The average Bonchev–Trinajstić information content (AvgIpc) is 2.05. The van der Waals surface area contributed by atoms with Gasteiger partial charge >= 0.3 is 0 Å². The van der Waals surface area contributed by atoms with Crippen molar-refractivity contribution in [2.75, 3.05) is 0 Å². The third-order valence-corrected chi connectivity index (χ3v) is 2.84. The quantitative estimate of drug-likeness (QED) is 0.462. The van der Waals surface area contributed by atoms with Gasteiger partial charge < -0.3 is 5.73 Å². The Labute approximate surface area is 93.6 Å². The molecule has 0 bridgehead atoms. The van der Waals surface area contributed by atoms with Gasteiger partial charge in [-0.15, -0.1) is 11.8 Å². The predicted octanol–water partition coefficient (Wildman–Crippen LogP) is 3.00. The van der Waals surface area contributed by atoms with E-state index in [0.717, 1.165) is 4.90 Å². The third-order valence-electron chi connectivity index (χ3n) is 1.65. The Morgan fingerprint density at radius 3 is 2.47 bits per heavy atom. The van der Waals surface area contributed by atoms with Gasteiger partial charge in [-0.25, -0.2) is 4.39 Å². The van der Waals surface area contributed by atoms with Gasteiger partial charge in [0.05, 0.1) is 0 Å². The van der Waals surface area contributed by atoms with Gasteiger partial charge in [-0.2, -0.15) is 0 Å². The number of rotatable bonds is 2. The Kier molecular flexibility index (Phi) is 3.39. The number of benzene rings is 1. The fourth-order valence-electron chi connectivity index (χ4n) is 1.13. The first-order valence-electron chi connectivity index (χ1n) is 4.62. The van der Waals surface area contributed by atoms with E-state index in [1.807, 2.05) is 0 Å². The molecule has 0 amide bonds. The van der Waals surface area contributed by atoms with Crippen molar-refractivity contribution >= 4 is 17.6 Å². The van der Waals surface area contributed by atoms with E-state index in [1.165, 1.54) is 12.1 Å². The van der Waals surface area contributed by atoms with Crippen molar-refractivity contribution < 1.29 is 4.39 Å². The second kappa shape index (κ2) is 4.23. The molecule has 15 heavy (non-hydrogen) atoms. The summed E-state index contributed by atoms with van der Waals surface area (Å²) in [5, 5.41) is 7.38. The van der Waals surface area contributed by atoms with Crippen LogP contribution in [0.3, 0.4) is 0 Å². The number of amidine groups is 1. The minimum atomic E-state index is -0.363. The summed E-state index contributed by atoms with van der Waals surface area (Å²) in [5.41, 5.74) is 5.87. The van der Waals surface area contributed by atoms with Crippen LogP contribution in [0.4, 0.5) is 4.39 Å². The fraction of sp³-hybridized carbons (Fsp3) is 0.364. The molecular formula is C11H15FN2S. The standard InChI is InChI=1S/C11H15FN2S/c1-11(2,3)15-9-5-4-7(12)6-8(9)10(13)14/h4-6H,1-3H3,(H3,13,14). The van der Waals surface area contributed by atoms with Crippen LogP contribution >= 0.6 is 11.8 Å². The van der Waals surface area contributed by atoms with Gasteiger partial charge in [-0.05, 0) is 18.2 Å². The summed E-state index contributed by atoms with van der Waals surface area (Å²) in [7, 11) is 0. The molecule has 1 aromatic carbocycles. The number of hydrogen-bond donors (Lipinski definition) is 2. The molecule has 0 spiro atoms. The molecule has 0 fully saturated rings. The monoisotopic (exact) mass is 226 g/mol. The summed E-state index contributed by atoms with van der Waals surface area (Å²) < 4.78 is 13.0. The molecule has 0 heterocycles. The van der Waals surface area contributed by atoms with E-state index in [0.29, 0.717) is 5.56 Å². The molecule has 1 aromatic rings. The summed E-state index contributed by atoms with van der Waals surface area (Å²) in [6, 6.07) is 4.36. The molecule has 0 unspecified atom stereocenters. The number of thioether (sulfide) groups is 1. The Balaban J connectivity index is 3.12. The van der Waals surface area contributed by atoms with Crippen molar-refractivity contribution in [2.24, 2.45) is 5.73 Å². The number of nitrogens with one attached hydrogen (secondary N) is 1. The molecule has 1 rings (SSSR count). The first-order valence-corrected chi connectivity index (χ1v) is 5.44. The molecule has 2 nitrogen and oxygen atoms in total. The van der Waals surface area contributed by atoms with Gasteiger partial charge in [0, 0.05) is 15.2 Å². The molecule has 0 aliphatic heterocycles. The molecule has 0 aliphatic rings. The molecule has 0 saturated carbocycles. The van der Waals surface area contributed by atoms with Crippen LogP contribution in [0, 0.1) is 11.2 Å². The average molecular weight is 226 g/mol. The van der Waals surface area contributed by atoms with Crippen molar-refractivity contribution in [1.29, 1.82) is 5.41 Å². The lowest BCUT2D eigenvalue weighted by Crippen LogP contribution is -2.15. The smallest absolute Gasteiger partial charge is 0.124 e. The molecule has 4 heteroatoms. The second-order valence-electron chi connectivity index (χ2n) is 4.27. The summed E-state index contributed by atoms with van der Waals surface area (Å²) in [4.78, 5) is 0.844. The lowest BCUT2D eigenvalue weighted by molar-refractivity contribution is 0.626. The van der Waals surface area contributed by atoms with Crippen LogP contribution in [0.25, 0.3) is 0 Å². The van der Waals surface area contributed by atoms with E-state index in [9.17, 15) is 4.39 Å².